The number of carbonyl (C=O) groups is 3. The van der Waals surface area contributed by atoms with Gasteiger partial charge < -0.3 is 20.1 Å². The summed E-state index contributed by atoms with van der Waals surface area (Å²) in [7, 11) is 1.51. The molecule has 0 aliphatic carbocycles. The zero-order valence-electron chi connectivity index (χ0n) is 19.4. The number of anilines is 1. The summed E-state index contributed by atoms with van der Waals surface area (Å²) >= 11 is 0. The predicted octanol–water partition coefficient (Wildman–Crippen LogP) is 3.04. The molecule has 0 spiro atoms. The van der Waals surface area contributed by atoms with Crippen LogP contribution in [0, 0.1) is 0 Å². The smallest absolute Gasteiger partial charge is 0.329 e. The predicted molar refractivity (Wildman–Crippen MR) is 132 cm³/mol. The zero-order valence-corrected chi connectivity index (χ0v) is 19.4. The molecule has 3 aromatic rings. The molecule has 3 rings (SSSR count). The third-order valence-corrected chi connectivity index (χ3v) is 4.84. The first kappa shape index (κ1) is 25.0. The Hall–Kier alpha value is -4.66. The Kier molecular flexibility index (Phi) is 8.95. The van der Waals surface area contributed by atoms with Crippen LogP contribution in [0.2, 0.25) is 0 Å². The van der Waals surface area contributed by atoms with E-state index in [0.29, 0.717) is 22.7 Å². The summed E-state index contributed by atoms with van der Waals surface area (Å²) in [5, 5.41) is 9.13. The molecule has 0 saturated heterocycles. The quantitative estimate of drug-likeness (QED) is 0.250. The molecule has 0 unspecified atom stereocenters. The second-order valence-corrected chi connectivity index (χ2v) is 7.44. The van der Waals surface area contributed by atoms with Crippen LogP contribution in [0.15, 0.2) is 84.0 Å². The number of rotatable bonds is 9. The molecule has 35 heavy (non-hydrogen) atoms. The van der Waals surface area contributed by atoms with Crippen LogP contribution >= 0.6 is 0 Å². The number of carbonyl (C=O) groups excluding carboxylic acids is 3. The van der Waals surface area contributed by atoms with Crippen molar-refractivity contribution in [2.24, 2.45) is 5.10 Å². The van der Waals surface area contributed by atoms with Crippen LogP contribution in [0.5, 0.6) is 11.5 Å². The summed E-state index contributed by atoms with van der Waals surface area (Å²) in [4.78, 5) is 36.1. The zero-order chi connectivity index (χ0) is 25.0. The second-order valence-electron chi connectivity index (χ2n) is 7.44. The van der Waals surface area contributed by atoms with Crippen molar-refractivity contribution in [1.29, 1.82) is 0 Å². The van der Waals surface area contributed by atoms with E-state index in [1.54, 1.807) is 48.5 Å². The molecule has 0 aromatic heterocycles. The third-order valence-electron chi connectivity index (χ3n) is 4.84. The molecule has 0 fully saturated rings. The Morgan fingerprint density at radius 1 is 0.914 bits per heavy atom. The monoisotopic (exact) mass is 474 g/mol. The maximum Gasteiger partial charge on any atom is 0.329 e. The van der Waals surface area contributed by atoms with Gasteiger partial charge in [0, 0.05) is 11.8 Å². The third kappa shape index (κ3) is 8.01. The van der Waals surface area contributed by atoms with Crippen LogP contribution in [-0.2, 0) is 14.4 Å². The minimum absolute atomic E-state index is 0.122. The van der Waals surface area contributed by atoms with Crippen molar-refractivity contribution in [1.82, 2.24) is 10.7 Å². The summed E-state index contributed by atoms with van der Waals surface area (Å²) in [6.45, 7) is 1.78. The van der Waals surface area contributed by atoms with Crippen LogP contribution in [-0.4, -0.2) is 37.7 Å². The maximum absolute atomic E-state index is 12.1. The Balaban J connectivity index is 1.42. The van der Waals surface area contributed by atoms with Crippen molar-refractivity contribution in [3.8, 4) is 11.5 Å². The summed E-state index contributed by atoms with van der Waals surface area (Å²) in [5.74, 6) is -0.955. The standard InChI is InChI=1S/C26H26N4O5/c1-18(20-7-4-3-5-8-20)28-24(31)17-35-22-13-11-19(12-14-22)16-27-30-26(33)25(32)29-21-9-6-10-23(15-21)34-2/h3-16,18H,17H2,1-2H3,(H,28,31)(H,29,32)(H,30,33)/b27-16-/t18-/m0/s1. The van der Waals surface area contributed by atoms with Crippen molar-refractivity contribution in [3.63, 3.8) is 0 Å². The lowest BCUT2D eigenvalue weighted by Gasteiger charge is -2.14. The van der Waals surface area contributed by atoms with E-state index in [-0.39, 0.29) is 18.6 Å². The minimum Gasteiger partial charge on any atom is -0.497 e. The van der Waals surface area contributed by atoms with Crippen LogP contribution in [0.4, 0.5) is 5.69 Å². The topological polar surface area (TPSA) is 118 Å². The molecule has 0 saturated carbocycles. The Labute approximate surface area is 203 Å². The van der Waals surface area contributed by atoms with Gasteiger partial charge in [-0.3, -0.25) is 14.4 Å². The van der Waals surface area contributed by atoms with Gasteiger partial charge in [0.05, 0.1) is 19.4 Å². The number of nitrogens with zero attached hydrogens (tertiary/aromatic N) is 1. The van der Waals surface area contributed by atoms with E-state index in [1.165, 1.54) is 13.3 Å². The SMILES string of the molecule is COc1cccc(NC(=O)C(=O)N/N=C\c2ccc(OCC(=O)N[C@@H](C)c3ccccc3)cc2)c1. The Morgan fingerprint density at radius 3 is 2.37 bits per heavy atom. The van der Waals surface area contributed by atoms with Gasteiger partial charge in [0.2, 0.25) is 0 Å². The highest BCUT2D eigenvalue weighted by atomic mass is 16.5. The number of hydrogen-bond donors (Lipinski definition) is 3. The number of nitrogens with one attached hydrogen (secondary N) is 3. The van der Waals surface area contributed by atoms with Gasteiger partial charge in [0.25, 0.3) is 5.91 Å². The van der Waals surface area contributed by atoms with E-state index >= 15 is 0 Å². The average Bonchev–Trinajstić information content (AvgIpc) is 2.88. The highest BCUT2D eigenvalue weighted by molar-refractivity contribution is 6.39. The van der Waals surface area contributed by atoms with Crippen molar-refractivity contribution < 1.29 is 23.9 Å². The van der Waals surface area contributed by atoms with Gasteiger partial charge in [0.1, 0.15) is 11.5 Å². The van der Waals surface area contributed by atoms with Gasteiger partial charge in [-0.15, -0.1) is 0 Å². The molecular formula is C26H26N4O5. The highest BCUT2D eigenvalue weighted by Gasteiger charge is 2.13. The molecule has 0 heterocycles. The van der Waals surface area contributed by atoms with Gasteiger partial charge >= 0.3 is 11.8 Å². The van der Waals surface area contributed by atoms with Crippen LogP contribution < -0.4 is 25.5 Å². The molecule has 0 aliphatic heterocycles. The molecule has 3 N–H and O–H groups in total. The number of hydrogen-bond acceptors (Lipinski definition) is 6. The van der Waals surface area contributed by atoms with E-state index in [2.05, 4.69) is 21.2 Å². The van der Waals surface area contributed by atoms with E-state index in [1.807, 2.05) is 37.3 Å². The fourth-order valence-electron chi connectivity index (χ4n) is 3.01. The molecule has 1 atom stereocenters. The normalized spacial score (nSPS) is 11.4. The molecule has 0 radical (unpaired) electrons. The molecule has 180 valence electrons. The first-order valence-electron chi connectivity index (χ1n) is 10.8. The average molecular weight is 475 g/mol. The van der Waals surface area contributed by atoms with Crippen molar-refractivity contribution in [2.45, 2.75) is 13.0 Å². The van der Waals surface area contributed by atoms with E-state index < -0.39 is 11.8 Å². The highest BCUT2D eigenvalue weighted by Crippen LogP contribution is 2.16. The Bertz CT molecular complexity index is 1180. The number of hydrazone groups is 1. The lowest BCUT2D eigenvalue weighted by atomic mass is 10.1. The van der Waals surface area contributed by atoms with Crippen molar-refractivity contribution >= 4 is 29.6 Å². The second kappa shape index (κ2) is 12.5. The van der Waals surface area contributed by atoms with Gasteiger partial charge in [-0.1, -0.05) is 36.4 Å². The number of benzene rings is 3. The first-order chi connectivity index (χ1) is 16.9. The van der Waals surface area contributed by atoms with Crippen molar-refractivity contribution in [2.75, 3.05) is 19.0 Å². The van der Waals surface area contributed by atoms with Gasteiger partial charge in [-0.25, -0.2) is 5.43 Å². The van der Waals surface area contributed by atoms with Crippen LogP contribution in [0.3, 0.4) is 0 Å². The Morgan fingerprint density at radius 2 is 1.66 bits per heavy atom. The molecule has 0 bridgehead atoms. The minimum atomic E-state index is -0.917. The molecular weight excluding hydrogens is 448 g/mol. The lowest BCUT2D eigenvalue weighted by molar-refractivity contribution is -0.136. The van der Waals surface area contributed by atoms with E-state index in [0.717, 1.165) is 5.56 Å². The summed E-state index contributed by atoms with van der Waals surface area (Å²) in [6.07, 6.45) is 1.38. The molecule has 3 amide bonds. The molecule has 9 heteroatoms. The molecule has 3 aromatic carbocycles. The van der Waals surface area contributed by atoms with Gasteiger partial charge in [0.15, 0.2) is 6.61 Å². The summed E-state index contributed by atoms with van der Waals surface area (Å²) < 4.78 is 10.6. The fourth-order valence-corrected chi connectivity index (χ4v) is 3.01. The lowest BCUT2D eigenvalue weighted by Crippen LogP contribution is -2.32. The summed E-state index contributed by atoms with van der Waals surface area (Å²) in [6, 6.07) is 22.9. The molecule has 9 nitrogen and oxygen atoms in total. The fraction of sp³-hybridized carbons (Fsp3) is 0.154. The largest absolute Gasteiger partial charge is 0.497 e. The molecule has 0 aliphatic rings. The van der Waals surface area contributed by atoms with E-state index in [4.69, 9.17) is 9.47 Å². The summed E-state index contributed by atoms with van der Waals surface area (Å²) in [5.41, 5.74) is 4.26. The van der Waals surface area contributed by atoms with Crippen molar-refractivity contribution in [3.05, 3.63) is 90.0 Å². The number of methoxy groups -OCH3 is 1. The maximum atomic E-state index is 12.1. The first-order valence-corrected chi connectivity index (χ1v) is 10.8. The van der Waals surface area contributed by atoms with Gasteiger partial charge in [-0.2, -0.15) is 5.10 Å². The van der Waals surface area contributed by atoms with E-state index in [9.17, 15) is 14.4 Å². The number of ether oxygens (including phenoxy) is 2. The van der Waals surface area contributed by atoms with Crippen LogP contribution in [0.1, 0.15) is 24.1 Å². The van der Waals surface area contributed by atoms with Gasteiger partial charge in [-0.05, 0) is 54.4 Å². The number of amides is 3. The van der Waals surface area contributed by atoms with Crippen LogP contribution in [0.25, 0.3) is 0 Å².